The van der Waals surface area contributed by atoms with Crippen LogP contribution in [-0.4, -0.2) is 8.32 Å². The van der Waals surface area contributed by atoms with Crippen LogP contribution < -0.4 is 0 Å². The van der Waals surface area contributed by atoms with Gasteiger partial charge in [-0.2, -0.15) is 0 Å². The van der Waals surface area contributed by atoms with Gasteiger partial charge in [0.1, 0.15) is 0 Å². The van der Waals surface area contributed by atoms with E-state index in [1.807, 2.05) is 0 Å². The number of hydrogen-bond donors (Lipinski definition) is 2. The normalized spacial score (nSPS) is 18.6. The van der Waals surface area contributed by atoms with Gasteiger partial charge in [-0.15, -0.1) is 0 Å². The SMILES string of the molecule is C[C](C)(C)[Cr](=[O])(=[O])([OH])[OH]. The fraction of sp³-hybridized carbons (Fsp3) is 1.00. The van der Waals surface area contributed by atoms with Gasteiger partial charge in [-0.3, -0.25) is 0 Å². The van der Waals surface area contributed by atoms with Crippen LogP contribution in [0.2, 0.25) is 4.28 Å². The monoisotopic (exact) mass is 175 g/mol. The molecule has 0 aromatic rings. The van der Waals surface area contributed by atoms with E-state index in [-0.39, 0.29) is 0 Å². The Balaban J connectivity index is 5.07. The Morgan fingerprint density at radius 3 is 1.22 bits per heavy atom. The zero-order valence-electron chi connectivity index (χ0n) is 5.62. The molecule has 0 heterocycles. The van der Waals surface area contributed by atoms with E-state index >= 15 is 0 Å². The van der Waals surface area contributed by atoms with Crippen molar-refractivity contribution in [2.45, 2.75) is 25.0 Å². The van der Waals surface area contributed by atoms with Crippen molar-refractivity contribution in [1.82, 2.24) is 0 Å². The third kappa shape index (κ3) is 2.03. The van der Waals surface area contributed by atoms with Crippen molar-refractivity contribution in [3.63, 3.8) is 0 Å². The van der Waals surface area contributed by atoms with Gasteiger partial charge in [-0.25, -0.2) is 0 Å². The van der Waals surface area contributed by atoms with Gasteiger partial charge in [0.2, 0.25) is 0 Å². The molecule has 0 rings (SSSR count). The van der Waals surface area contributed by atoms with Crippen LogP contribution in [0.4, 0.5) is 0 Å². The molecule has 0 atom stereocenters. The summed E-state index contributed by atoms with van der Waals surface area (Å²) in [6.07, 6.45) is 0. The molecule has 0 amide bonds. The molecule has 0 radical (unpaired) electrons. The van der Waals surface area contributed by atoms with Gasteiger partial charge in [0.05, 0.1) is 0 Å². The van der Waals surface area contributed by atoms with Crippen LogP contribution in [-0.2, 0) is 20.1 Å². The van der Waals surface area contributed by atoms with Crippen molar-refractivity contribution in [1.29, 1.82) is 0 Å². The second kappa shape index (κ2) is 1.55. The van der Waals surface area contributed by atoms with Gasteiger partial charge in [0.15, 0.2) is 0 Å². The van der Waals surface area contributed by atoms with Gasteiger partial charge in [0, 0.05) is 0 Å². The maximum atomic E-state index is 10.4. The van der Waals surface area contributed by atoms with E-state index in [2.05, 4.69) is 0 Å². The Kier molecular flexibility index (Phi) is 1.56. The fourth-order valence-electron chi connectivity index (χ4n) is 0. The fourth-order valence-corrected chi connectivity index (χ4v) is 0. The molecule has 0 fully saturated rings. The van der Waals surface area contributed by atoms with E-state index in [4.69, 9.17) is 8.32 Å². The standard InChI is InChI=1S/C4H9.Cr.2H2O.2O/c1-4(2)3;;;;;/h1-3H3;;2*1H2;;/q;+2;;;;/p-2. The number of rotatable bonds is 0. The van der Waals surface area contributed by atoms with Crippen LogP contribution in [0.3, 0.4) is 0 Å². The van der Waals surface area contributed by atoms with Crippen molar-refractivity contribution >= 4 is 0 Å². The molecule has 0 aromatic carbocycles. The van der Waals surface area contributed by atoms with Crippen molar-refractivity contribution in [2.24, 2.45) is 0 Å². The van der Waals surface area contributed by atoms with Gasteiger partial charge < -0.3 is 0 Å². The van der Waals surface area contributed by atoms with Crippen molar-refractivity contribution in [3.8, 4) is 0 Å². The van der Waals surface area contributed by atoms with Gasteiger partial charge in [-0.05, 0) is 0 Å². The summed E-state index contributed by atoms with van der Waals surface area (Å²) in [6.45, 7) is 3.69. The summed E-state index contributed by atoms with van der Waals surface area (Å²) in [6, 6.07) is 0. The van der Waals surface area contributed by atoms with Crippen molar-refractivity contribution in [2.75, 3.05) is 0 Å². The zero-order valence-corrected chi connectivity index (χ0v) is 6.89. The molecule has 0 aromatic heterocycles. The topological polar surface area (TPSA) is 74.6 Å². The molecule has 9 heavy (non-hydrogen) atoms. The average molecular weight is 175 g/mol. The molecule has 0 bridgehead atoms. The zero-order chi connectivity index (χ0) is 7.95. The van der Waals surface area contributed by atoms with Crippen LogP contribution >= 0.6 is 0 Å². The van der Waals surface area contributed by atoms with Crippen LogP contribution in [0, 0.1) is 0 Å². The van der Waals surface area contributed by atoms with Gasteiger partial charge >= 0.3 is 53.5 Å². The first-order chi connectivity index (χ1) is 3.51. The van der Waals surface area contributed by atoms with Gasteiger partial charge in [-0.1, -0.05) is 0 Å². The Labute approximate surface area is 54.2 Å². The van der Waals surface area contributed by atoms with E-state index in [0.29, 0.717) is 0 Å². The molecule has 0 saturated heterocycles. The molecule has 0 spiro atoms. The van der Waals surface area contributed by atoms with Crippen molar-refractivity contribution in [3.05, 3.63) is 0 Å². The third-order valence-electron chi connectivity index (χ3n) is 1.05. The Morgan fingerprint density at radius 2 is 1.22 bits per heavy atom. The quantitative estimate of drug-likeness (QED) is 0.558. The summed E-state index contributed by atoms with van der Waals surface area (Å²) in [4.78, 5) is 0. The molecule has 0 unspecified atom stereocenters. The van der Waals surface area contributed by atoms with Crippen molar-refractivity contribution < 1.29 is 28.5 Å². The van der Waals surface area contributed by atoms with E-state index in [1.165, 1.54) is 20.8 Å². The molecule has 0 aliphatic carbocycles. The molecule has 5 heteroatoms. The first-order valence-corrected chi connectivity index (χ1v) is 5.22. The summed E-state index contributed by atoms with van der Waals surface area (Å²) in [5, 5.41) is 0. The Hall–Kier alpha value is 0.0525. The summed E-state index contributed by atoms with van der Waals surface area (Å²) in [7, 11) is 0. The Morgan fingerprint density at radius 1 is 1.11 bits per heavy atom. The van der Waals surface area contributed by atoms with Crippen LogP contribution in [0.1, 0.15) is 20.8 Å². The summed E-state index contributed by atoms with van der Waals surface area (Å²) in [5.41, 5.74) is 0. The summed E-state index contributed by atoms with van der Waals surface area (Å²) in [5.74, 6) is 0. The van der Waals surface area contributed by atoms with E-state index in [9.17, 15) is 7.61 Å². The third-order valence-corrected chi connectivity index (χ3v) is 4.32. The maximum absolute atomic E-state index is 10.4. The molecule has 0 aliphatic heterocycles. The molecular weight excluding hydrogens is 164 g/mol. The van der Waals surface area contributed by atoms with E-state index < -0.39 is 16.8 Å². The van der Waals surface area contributed by atoms with E-state index in [1.54, 1.807) is 0 Å². The first kappa shape index (κ1) is 9.05. The molecule has 57 valence electrons. The predicted molar refractivity (Wildman–Crippen MR) is 25.5 cm³/mol. The molecule has 0 aliphatic rings. The van der Waals surface area contributed by atoms with Crippen LogP contribution in [0.15, 0.2) is 0 Å². The average Bonchev–Trinajstić information content (AvgIpc) is 1.20. The second-order valence-electron chi connectivity index (χ2n) is 2.91. The number of hydrogen-bond acceptors (Lipinski definition) is 2. The predicted octanol–water partition coefficient (Wildman–Crippen LogP) is 0.400. The molecule has 4 nitrogen and oxygen atoms in total. The Bertz CT molecular complexity index is 216. The van der Waals surface area contributed by atoms with Gasteiger partial charge in [0.25, 0.3) is 0 Å². The first-order valence-electron chi connectivity index (χ1n) is 2.40. The molecule has 2 N–H and O–H groups in total. The summed E-state index contributed by atoms with van der Waals surface area (Å²) >= 11 is -6.19. The molecule has 0 saturated carbocycles. The second-order valence-corrected chi connectivity index (χ2v) is 7.31. The summed E-state index contributed by atoms with van der Waals surface area (Å²) < 4.78 is 36.2. The van der Waals surface area contributed by atoms with Crippen LogP contribution in [0.25, 0.3) is 0 Å². The molecular formula is C4H11CrO4. The van der Waals surface area contributed by atoms with Crippen LogP contribution in [0.5, 0.6) is 0 Å². The minimum atomic E-state index is -6.19. The van der Waals surface area contributed by atoms with E-state index in [0.717, 1.165) is 0 Å². The minimum absolute atomic E-state index is 1.23.